The molecule has 11 nitrogen and oxygen atoms in total. The summed E-state index contributed by atoms with van der Waals surface area (Å²) in [6.45, 7) is 0.544. The van der Waals surface area contributed by atoms with Crippen LogP contribution in [-0.4, -0.2) is 62.0 Å². The Morgan fingerprint density at radius 1 is 0.640 bits per heavy atom. The number of carbonyl (C=O) groups is 1. The molecule has 0 aliphatic carbocycles. The summed E-state index contributed by atoms with van der Waals surface area (Å²) in [5.41, 5.74) is 2.22. The molecule has 2 heterocycles. The summed E-state index contributed by atoms with van der Waals surface area (Å²) < 4.78 is 58.3. The third-order valence-corrected chi connectivity index (χ3v) is 9.36. The summed E-state index contributed by atoms with van der Waals surface area (Å²) in [5.74, 6) is 3.22. The van der Waals surface area contributed by atoms with Gasteiger partial charge in [0, 0.05) is 5.92 Å². The number of rotatable bonds is 15. The fourth-order valence-electron chi connectivity index (χ4n) is 6.96. The Kier molecular flexibility index (Phi) is 10.4. The molecule has 0 spiro atoms. The Morgan fingerprint density at radius 2 is 1.18 bits per heavy atom. The van der Waals surface area contributed by atoms with Gasteiger partial charge in [0.05, 0.1) is 67.4 Å². The highest BCUT2D eigenvalue weighted by Crippen LogP contribution is 2.52. The zero-order chi connectivity index (χ0) is 35.3. The lowest BCUT2D eigenvalue weighted by Gasteiger charge is -2.37. The van der Waals surface area contributed by atoms with Crippen LogP contribution in [0.1, 0.15) is 28.4 Å². The van der Waals surface area contributed by atoms with Crippen molar-refractivity contribution in [1.29, 1.82) is 0 Å². The molecule has 11 heteroatoms. The molecule has 1 fully saturated rings. The van der Waals surface area contributed by atoms with Crippen LogP contribution >= 0.6 is 0 Å². The molecule has 6 rings (SSSR count). The molecule has 0 aromatic heterocycles. The van der Waals surface area contributed by atoms with Crippen LogP contribution in [0.5, 0.6) is 46.0 Å². The smallest absolute Gasteiger partial charge is 0.313 e. The highest BCUT2D eigenvalue weighted by molar-refractivity contribution is 5.81. The van der Waals surface area contributed by atoms with Crippen molar-refractivity contribution in [3.05, 3.63) is 95.1 Å². The molecular weight excluding hydrogens is 644 g/mol. The summed E-state index contributed by atoms with van der Waals surface area (Å²) in [5, 5.41) is 0. The van der Waals surface area contributed by atoms with Gasteiger partial charge >= 0.3 is 5.97 Å². The quantitative estimate of drug-likeness (QED) is 0.130. The van der Waals surface area contributed by atoms with Crippen LogP contribution in [0.2, 0.25) is 0 Å². The van der Waals surface area contributed by atoms with Gasteiger partial charge in [0.25, 0.3) is 0 Å². The predicted octanol–water partition coefficient (Wildman–Crippen LogP) is 6.37. The fraction of sp³-hybridized carbons (Fsp3) is 0.359. The Morgan fingerprint density at radius 3 is 1.70 bits per heavy atom. The first-order valence-corrected chi connectivity index (χ1v) is 16.2. The van der Waals surface area contributed by atoms with Crippen LogP contribution in [0, 0.1) is 11.3 Å². The number of ether oxygens (including phenoxy) is 10. The molecule has 50 heavy (non-hydrogen) atoms. The Labute approximate surface area is 291 Å². The molecule has 2 atom stereocenters. The van der Waals surface area contributed by atoms with Crippen LogP contribution in [-0.2, 0) is 33.7 Å². The van der Waals surface area contributed by atoms with Crippen molar-refractivity contribution in [3.8, 4) is 46.0 Å². The second-order valence-corrected chi connectivity index (χ2v) is 12.1. The fourth-order valence-corrected chi connectivity index (χ4v) is 6.96. The maximum atomic E-state index is 14.5. The lowest BCUT2D eigenvalue weighted by molar-refractivity contribution is -0.147. The molecule has 0 saturated carbocycles. The minimum Gasteiger partial charge on any atom is -0.493 e. The number of esters is 1. The number of cyclic esters (lactones) is 1. The lowest BCUT2D eigenvalue weighted by atomic mass is 9.66. The van der Waals surface area contributed by atoms with Crippen molar-refractivity contribution < 1.29 is 52.2 Å². The minimum absolute atomic E-state index is 0.113. The SMILES string of the molecule is COc1cc(CC2(Cc3cc(OC)c(OC)c(OC)c3)C(=O)OC[C@@H]2[C@@H](OCc2ccccc2)c2ccc3c(c2)OCO3)cc(OC)c1OC. The van der Waals surface area contributed by atoms with E-state index < -0.39 is 17.4 Å². The van der Waals surface area contributed by atoms with Crippen molar-refractivity contribution in [2.45, 2.75) is 25.6 Å². The van der Waals surface area contributed by atoms with Crippen LogP contribution in [0.3, 0.4) is 0 Å². The van der Waals surface area contributed by atoms with Gasteiger partial charge in [-0.3, -0.25) is 4.79 Å². The van der Waals surface area contributed by atoms with Gasteiger partial charge in [-0.25, -0.2) is 0 Å². The summed E-state index contributed by atoms with van der Waals surface area (Å²) in [4.78, 5) is 14.5. The molecule has 0 unspecified atom stereocenters. The van der Waals surface area contributed by atoms with E-state index in [9.17, 15) is 4.79 Å². The highest BCUT2D eigenvalue weighted by atomic mass is 16.7. The van der Waals surface area contributed by atoms with E-state index in [0.29, 0.717) is 52.6 Å². The van der Waals surface area contributed by atoms with Gasteiger partial charge in [-0.1, -0.05) is 36.4 Å². The molecular formula is C39H42O11. The largest absolute Gasteiger partial charge is 0.493 e. The van der Waals surface area contributed by atoms with Gasteiger partial charge < -0.3 is 47.4 Å². The number of benzene rings is 4. The molecule has 264 valence electrons. The van der Waals surface area contributed by atoms with Gasteiger partial charge in [-0.05, 0) is 71.5 Å². The standard InChI is InChI=1S/C39H42O11/c1-41-31-14-25(15-32(42-2)36(31)45-5)19-39(20-26-16-33(43-3)37(46-6)34(17-26)44-4)28(22-48-38(39)40)35(47-21-24-10-8-7-9-11-24)27-12-13-29-30(18-27)50-23-49-29/h7-18,28,35H,19-23H2,1-6H3/t28-,35+/m1/s1. The van der Waals surface area contributed by atoms with Crippen molar-refractivity contribution in [2.75, 3.05) is 56.1 Å². The number of fused-ring (bicyclic) bond motifs is 1. The van der Waals surface area contributed by atoms with E-state index in [1.165, 1.54) is 0 Å². The molecule has 4 aromatic carbocycles. The van der Waals surface area contributed by atoms with Crippen LogP contribution in [0.4, 0.5) is 0 Å². The van der Waals surface area contributed by atoms with Crippen molar-refractivity contribution in [1.82, 2.24) is 0 Å². The first kappa shape index (κ1) is 34.6. The molecule has 1 saturated heterocycles. The second kappa shape index (κ2) is 15.1. The monoisotopic (exact) mass is 686 g/mol. The molecule has 0 radical (unpaired) electrons. The molecule has 4 aromatic rings. The number of hydrogen-bond acceptors (Lipinski definition) is 11. The van der Waals surface area contributed by atoms with Crippen LogP contribution in [0.15, 0.2) is 72.8 Å². The van der Waals surface area contributed by atoms with E-state index >= 15 is 0 Å². The Balaban J connectivity index is 1.51. The third kappa shape index (κ3) is 6.65. The van der Waals surface area contributed by atoms with Gasteiger partial charge in [-0.15, -0.1) is 0 Å². The first-order valence-electron chi connectivity index (χ1n) is 16.2. The van der Waals surface area contributed by atoms with Crippen molar-refractivity contribution in [2.24, 2.45) is 11.3 Å². The van der Waals surface area contributed by atoms with E-state index in [2.05, 4.69) is 0 Å². The number of hydrogen-bond donors (Lipinski definition) is 0. The predicted molar refractivity (Wildman–Crippen MR) is 183 cm³/mol. The lowest BCUT2D eigenvalue weighted by Crippen LogP contribution is -2.41. The van der Waals surface area contributed by atoms with E-state index in [1.54, 1.807) is 42.7 Å². The molecule has 0 amide bonds. The second-order valence-electron chi connectivity index (χ2n) is 12.1. The zero-order valence-electron chi connectivity index (χ0n) is 29.1. The van der Waals surface area contributed by atoms with Gasteiger partial charge in [0.15, 0.2) is 34.5 Å². The van der Waals surface area contributed by atoms with Crippen molar-refractivity contribution in [3.63, 3.8) is 0 Å². The first-order chi connectivity index (χ1) is 24.4. The molecule has 0 bridgehead atoms. The van der Waals surface area contributed by atoms with Crippen molar-refractivity contribution >= 4 is 5.97 Å². The zero-order valence-corrected chi connectivity index (χ0v) is 29.1. The number of methoxy groups -OCH3 is 6. The minimum atomic E-state index is -1.16. The summed E-state index contributed by atoms with van der Waals surface area (Å²) in [6, 6.07) is 23.1. The average Bonchev–Trinajstić information content (AvgIpc) is 3.75. The maximum Gasteiger partial charge on any atom is 0.313 e. The molecule has 2 aliphatic rings. The highest BCUT2D eigenvalue weighted by Gasteiger charge is 2.56. The van der Waals surface area contributed by atoms with E-state index in [4.69, 9.17) is 47.4 Å². The average molecular weight is 687 g/mol. The van der Waals surface area contributed by atoms with E-state index in [-0.39, 0.29) is 32.2 Å². The summed E-state index contributed by atoms with van der Waals surface area (Å²) in [6.07, 6.45) is -0.0978. The van der Waals surface area contributed by atoms with Crippen LogP contribution in [0.25, 0.3) is 0 Å². The van der Waals surface area contributed by atoms with Gasteiger partial charge in [0.2, 0.25) is 18.3 Å². The topological polar surface area (TPSA) is 109 Å². The van der Waals surface area contributed by atoms with E-state index in [1.807, 2.05) is 72.8 Å². The Bertz CT molecular complexity index is 1690. The Hall–Kier alpha value is -5.29. The third-order valence-electron chi connectivity index (χ3n) is 9.36. The summed E-state index contributed by atoms with van der Waals surface area (Å²) in [7, 11) is 9.35. The molecule has 2 aliphatic heterocycles. The normalized spacial score (nSPS) is 16.4. The summed E-state index contributed by atoms with van der Waals surface area (Å²) >= 11 is 0. The van der Waals surface area contributed by atoms with E-state index in [0.717, 1.165) is 22.3 Å². The number of carbonyl (C=O) groups excluding carboxylic acids is 1. The maximum absolute atomic E-state index is 14.5. The van der Waals surface area contributed by atoms with Gasteiger partial charge in [0.1, 0.15) is 0 Å². The van der Waals surface area contributed by atoms with Crippen LogP contribution < -0.4 is 37.9 Å². The van der Waals surface area contributed by atoms with Gasteiger partial charge in [-0.2, -0.15) is 0 Å². The molecule has 0 N–H and O–H groups in total.